The maximum Gasteiger partial charge on any atom is 0.247 e. The van der Waals surface area contributed by atoms with Crippen molar-refractivity contribution in [1.29, 1.82) is 0 Å². The zero-order chi connectivity index (χ0) is 27.9. The van der Waals surface area contributed by atoms with Gasteiger partial charge in [0.15, 0.2) is 11.5 Å². The number of aromatic hydroxyl groups is 1. The van der Waals surface area contributed by atoms with Gasteiger partial charge in [-0.1, -0.05) is 53.7 Å². The first kappa shape index (κ1) is 27.1. The Hall–Kier alpha value is -4.44. The molecule has 2 N–H and O–H groups in total. The van der Waals surface area contributed by atoms with Crippen LogP contribution in [0.5, 0.6) is 11.5 Å². The van der Waals surface area contributed by atoms with Crippen molar-refractivity contribution < 1.29 is 24.2 Å². The molecule has 4 aromatic rings. The van der Waals surface area contributed by atoms with Gasteiger partial charge in [-0.2, -0.15) is 0 Å². The third-order valence-electron chi connectivity index (χ3n) is 6.91. The monoisotopic (exact) mass is 543 g/mol. The highest BCUT2D eigenvalue weighted by Gasteiger charge is 2.33. The van der Waals surface area contributed by atoms with Gasteiger partial charge in [-0.3, -0.25) is 9.59 Å². The third-order valence-corrected chi connectivity index (χ3v) is 6.91. The molecule has 5 rings (SSSR count). The average molecular weight is 544 g/mol. The van der Waals surface area contributed by atoms with Crippen LogP contribution < -0.4 is 10.1 Å². The number of carbonyl (C=O) groups excluding carboxylic acids is 2. The van der Waals surface area contributed by atoms with Crippen LogP contribution in [0.3, 0.4) is 0 Å². The van der Waals surface area contributed by atoms with E-state index in [1.807, 2.05) is 61.5 Å². The van der Waals surface area contributed by atoms with Crippen LogP contribution in [0, 0.1) is 0 Å². The van der Waals surface area contributed by atoms with Gasteiger partial charge < -0.3 is 24.8 Å². The molecule has 1 aliphatic heterocycles. The smallest absolute Gasteiger partial charge is 0.247 e. The number of hydrogen-bond acceptors (Lipinski definition) is 7. The summed E-state index contributed by atoms with van der Waals surface area (Å²) < 4.78 is 12.9. The van der Waals surface area contributed by atoms with E-state index in [2.05, 4.69) is 15.6 Å². The van der Waals surface area contributed by atoms with E-state index < -0.39 is 6.04 Å². The second kappa shape index (κ2) is 12.6. The number of nitrogens with zero attached hydrogens (tertiary/aromatic N) is 4. The Labute approximate surface area is 232 Å². The zero-order valence-electron chi connectivity index (χ0n) is 22.4. The molecule has 40 heavy (non-hydrogen) atoms. The minimum absolute atomic E-state index is 0.0425. The highest BCUT2D eigenvalue weighted by Crippen LogP contribution is 2.33. The van der Waals surface area contributed by atoms with Crippen molar-refractivity contribution in [2.24, 2.45) is 0 Å². The van der Waals surface area contributed by atoms with Crippen LogP contribution in [0.2, 0.25) is 0 Å². The number of nitrogens with one attached hydrogen (secondary N) is 1. The van der Waals surface area contributed by atoms with Gasteiger partial charge in [0, 0.05) is 19.7 Å². The molecular weight excluding hydrogens is 510 g/mol. The number of amides is 2. The van der Waals surface area contributed by atoms with E-state index in [9.17, 15) is 14.7 Å². The second-order valence-electron chi connectivity index (χ2n) is 9.69. The number of carbonyl (C=O) groups is 2. The Morgan fingerprint density at radius 3 is 2.73 bits per heavy atom. The van der Waals surface area contributed by atoms with E-state index in [0.29, 0.717) is 30.8 Å². The molecule has 10 nitrogen and oxygen atoms in total. The Balaban J connectivity index is 1.52. The summed E-state index contributed by atoms with van der Waals surface area (Å²) >= 11 is 0. The van der Waals surface area contributed by atoms with Gasteiger partial charge in [0.25, 0.3) is 0 Å². The van der Waals surface area contributed by atoms with Crippen LogP contribution in [0.4, 0.5) is 0 Å². The fraction of sp³-hybridized carbons (Fsp3) is 0.333. The highest BCUT2D eigenvalue weighted by molar-refractivity contribution is 5.89. The summed E-state index contributed by atoms with van der Waals surface area (Å²) in [7, 11) is 0. The van der Waals surface area contributed by atoms with E-state index in [-0.39, 0.29) is 42.5 Å². The molecule has 0 spiro atoms. The first-order chi connectivity index (χ1) is 19.5. The van der Waals surface area contributed by atoms with Crippen LogP contribution >= 0.6 is 0 Å². The molecular formula is C30H33N5O5. The number of phenolic OH excluding ortho intramolecular Hbond substituents is 1. The van der Waals surface area contributed by atoms with Gasteiger partial charge in [-0.15, -0.1) is 5.10 Å². The largest absolute Gasteiger partial charge is 0.504 e. The molecule has 1 fully saturated rings. The summed E-state index contributed by atoms with van der Waals surface area (Å²) in [5.41, 5.74) is 2.77. The van der Waals surface area contributed by atoms with Gasteiger partial charge in [-0.05, 0) is 55.2 Å². The lowest BCUT2D eigenvalue weighted by molar-refractivity contribution is -0.142. The van der Waals surface area contributed by atoms with Crippen molar-refractivity contribution in [1.82, 2.24) is 25.2 Å². The molecule has 1 aromatic heterocycles. The van der Waals surface area contributed by atoms with Gasteiger partial charge in [0.2, 0.25) is 11.8 Å². The summed E-state index contributed by atoms with van der Waals surface area (Å²) in [4.78, 5) is 29.5. The second-order valence-corrected chi connectivity index (χ2v) is 9.69. The van der Waals surface area contributed by atoms with Crippen molar-refractivity contribution >= 4 is 22.8 Å². The summed E-state index contributed by atoms with van der Waals surface area (Å²) in [5, 5.41) is 21.7. The topological polar surface area (TPSA) is 119 Å². The SMILES string of the molecule is CCOc1cc([C@H](C(=O)NC[C@H]2CCCO2)N(Cc2ccccc2)C(=O)Cn2nnc3ccccc32)ccc1O. The Morgan fingerprint density at radius 1 is 1.15 bits per heavy atom. The quantitative estimate of drug-likeness (QED) is 0.297. The lowest BCUT2D eigenvalue weighted by Crippen LogP contribution is -2.46. The number of hydrogen-bond donors (Lipinski definition) is 2. The highest BCUT2D eigenvalue weighted by atomic mass is 16.5. The number of benzene rings is 3. The maximum absolute atomic E-state index is 14.1. The van der Waals surface area contributed by atoms with E-state index in [1.165, 1.54) is 6.07 Å². The Morgan fingerprint density at radius 2 is 1.95 bits per heavy atom. The third kappa shape index (κ3) is 6.23. The molecule has 0 bridgehead atoms. The molecule has 0 aliphatic carbocycles. The van der Waals surface area contributed by atoms with Crippen molar-refractivity contribution in [3.8, 4) is 11.5 Å². The van der Waals surface area contributed by atoms with Crippen LogP contribution in [0.25, 0.3) is 11.0 Å². The number of para-hydroxylation sites is 1. The van der Waals surface area contributed by atoms with Gasteiger partial charge in [-0.25, -0.2) is 4.68 Å². The zero-order valence-corrected chi connectivity index (χ0v) is 22.4. The molecule has 2 heterocycles. The molecule has 10 heteroatoms. The van der Waals surface area contributed by atoms with Crippen LogP contribution in [0.1, 0.15) is 36.9 Å². The lowest BCUT2D eigenvalue weighted by Gasteiger charge is -2.32. The number of ether oxygens (including phenoxy) is 2. The van der Waals surface area contributed by atoms with Gasteiger partial charge in [0.1, 0.15) is 18.1 Å². The Kier molecular flexibility index (Phi) is 8.56. The number of aromatic nitrogens is 3. The van der Waals surface area contributed by atoms with Gasteiger partial charge >= 0.3 is 0 Å². The number of fused-ring (bicyclic) bond motifs is 1. The molecule has 2 amide bonds. The minimum atomic E-state index is -1.01. The predicted molar refractivity (Wildman–Crippen MR) is 149 cm³/mol. The molecule has 1 saturated heterocycles. The number of rotatable bonds is 11. The maximum atomic E-state index is 14.1. The normalized spacial score (nSPS) is 15.6. The van der Waals surface area contributed by atoms with Gasteiger partial charge in [0.05, 0.1) is 18.2 Å². The predicted octanol–water partition coefficient (Wildman–Crippen LogP) is 3.60. The van der Waals surface area contributed by atoms with Crippen LogP contribution in [-0.4, -0.2) is 62.7 Å². The standard InChI is InChI=1S/C30H33N5O5/c1-2-39-27-17-22(14-15-26(27)36)29(30(38)31-18-23-11-8-16-40-23)34(19-21-9-4-3-5-10-21)28(37)20-35-25-13-7-6-12-24(25)32-33-35/h3-7,9-10,12-15,17,23,29,36H,2,8,11,16,18-20H2,1H3,(H,31,38)/t23-,29-/m1/s1. The van der Waals surface area contributed by atoms with E-state index in [1.54, 1.807) is 21.7 Å². The molecule has 1 aliphatic rings. The van der Waals surface area contributed by atoms with Crippen molar-refractivity contribution in [2.45, 2.75) is 45.0 Å². The molecule has 208 valence electrons. The summed E-state index contributed by atoms with van der Waals surface area (Å²) in [6, 6.07) is 20.6. The Bertz CT molecular complexity index is 1450. The van der Waals surface area contributed by atoms with E-state index in [0.717, 1.165) is 23.9 Å². The average Bonchev–Trinajstić information content (AvgIpc) is 3.64. The lowest BCUT2D eigenvalue weighted by atomic mass is 10.0. The van der Waals surface area contributed by atoms with Crippen LogP contribution in [0.15, 0.2) is 72.8 Å². The summed E-state index contributed by atoms with van der Waals surface area (Å²) in [6.45, 7) is 3.22. The fourth-order valence-corrected chi connectivity index (χ4v) is 4.92. The molecule has 0 unspecified atom stereocenters. The molecule has 0 radical (unpaired) electrons. The molecule has 3 aromatic carbocycles. The van der Waals surface area contributed by atoms with Crippen molar-refractivity contribution in [3.05, 3.63) is 83.9 Å². The summed E-state index contributed by atoms with van der Waals surface area (Å²) in [6.07, 6.45) is 1.75. The molecule has 0 saturated carbocycles. The van der Waals surface area contributed by atoms with Crippen LogP contribution in [-0.2, 0) is 27.4 Å². The first-order valence-corrected chi connectivity index (χ1v) is 13.5. The number of phenols is 1. The summed E-state index contributed by atoms with van der Waals surface area (Å²) in [5.74, 6) is -0.468. The first-order valence-electron chi connectivity index (χ1n) is 13.5. The van der Waals surface area contributed by atoms with E-state index >= 15 is 0 Å². The van der Waals surface area contributed by atoms with Crippen molar-refractivity contribution in [2.75, 3.05) is 19.8 Å². The van der Waals surface area contributed by atoms with E-state index in [4.69, 9.17) is 9.47 Å². The fourth-order valence-electron chi connectivity index (χ4n) is 4.92. The minimum Gasteiger partial charge on any atom is -0.504 e. The molecule has 2 atom stereocenters. The van der Waals surface area contributed by atoms with Crippen molar-refractivity contribution in [3.63, 3.8) is 0 Å².